The predicted molar refractivity (Wildman–Crippen MR) is 280 cm³/mol. The molecule has 0 unspecified atom stereocenters. The smallest absolute Gasteiger partial charge is 0.277 e. The minimum Gasteiger partial charge on any atom is -0.497 e. The van der Waals surface area contributed by atoms with Crippen LogP contribution < -0.4 is 24.0 Å². The van der Waals surface area contributed by atoms with E-state index in [4.69, 9.17) is 14.2 Å². The van der Waals surface area contributed by atoms with Gasteiger partial charge in [0.25, 0.3) is 11.4 Å². The number of rotatable bonds is 16. The van der Waals surface area contributed by atoms with Crippen LogP contribution in [0.2, 0.25) is 0 Å². The molecule has 0 radical (unpaired) electrons. The maximum atomic E-state index is 12.5. The van der Waals surface area contributed by atoms with E-state index in [9.17, 15) is 25.0 Å². The third-order valence-electron chi connectivity index (χ3n) is 12.0. The number of hydrogen-bond acceptors (Lipinski definition) is 10. The Morgan fingerprint density at radius 1 is 0.414 bits per heavy atom. The average molecular weight is 925 g/mol. The van der Waals surface area contributed by atoms with E-state index in [0.717, 1.165) is 84.8 Å². The van der Waals surface area contributed by atoms with Gasteiger partial charge in [0, 0.05) is 62.0 Å². The third kappa shape index (κ3) is 9.25. The number of anilines is 6. The van der Waals surface area contributed by atoms with E-state index in [-0.39, 0.29) is 22.5 Å². The summed E-state index contributed by atoms with van der Waals surface area (Å²) in [4.78, 5) is 39.7. The van der Waals surface area contributed by atoms with Crippen LogP contribution in [-0.2, 0) is 0 Å². The maximum Gasteiger partial charge on any atom is 0.277 e. The molecule has 0 aromatic heterocycles. The lowest BCUT2D eigenvalue weighted by atomic mass is 10.0. The van der Waals surface area contributed by atoms with E-state index in [1.165, 1.54) is 24.3 Å². The molecule has 0 heterocycles. The molecule has 9 aromatic rings. The van der Waals surface area contributed by atoms with Crippen molar-refractivity contribution in [3.8, 4) is 17.2 Å². The van der Waals surface area contributed by atoms with Crippen molar-refractivity contribution in [2.45, 2.75) is 0 Å². The Morgan fingerprint density at radius 2 is 0.771 bits per heavy atom. The van der Waals surface area contributed by atoms with E-state index in [0.29, 0.717) is 11.1 Å². The summed E-state index contributed by atoms with van der Waals surface area (Å²) in [7, 11) is 4.90. The van der Waals surface area contributed by atoms with Gasteiger partial charge in [-0.3, -0.25) is 25.0 Å². The molecule has 0 saturated carbocycles. The van der Waals surface area contributed by atoms with Crippen LogP contribution in [0.25, 0.3) is 45.8 Å². The molecule has 9 aromatic carbocycles. The molecule has 0 N–H and O–H groups in total. The van der Waals surface area contributed by atoms with Gasteiger partial charge in [-0.15, -0.1) is 0 Å². The number of hydrogen-bond donors (Lipinski definition) is 0. The van der Waals surface area contributed by atoms with Crippen LogP contribution in [0.3, 0.4) is 0 Å². The summed E-state index contributed by atoms with van der Waals surface area (Å²) < 4.78 is 16.8. The van der Waals surface area contributed by atoms with Gasteiger partial charge in [-0.25, -0.2) is 0 Å². The van der Waals surface area contributed by atoms with E-state index in [1.807, 2.05) is 158 Å². The highest BCUT2D eigenvalue weighted by Gasteiger charge is 2.23. The van der Waals surface area contributed by atoms with Crippen molar-refractivity contribution in [3.05, 3.63) is 230 Å². The van der Waals surface area contributed by atoms with Gasteiger partial charge < -0.3 is 24.0 Å². The molecule has 0 aliphatic carbocycles. The average Bonchev–Trinajstić information content (AvgIpc) is 3.40. The van der Waals surface area contributed by atoms with Crippen LogP contribution in [-0.4, -0.2) is 37.5 Å². The first kappa shape index (κ1) is 45.6. The van der Waals surface area contributed by atoms with Crippen molar-refractivity contribution in [3.63, 3.8) is 0 Å². The fraction of sp³-hybridized carbons (Fsp3) is 0.0517. The SMILES string of the molecule is COc1ccc(N(c2ccc(C=Cc3cc([N+](=O)[O-])c(C=Cc4ccc(N(c5ccc(C=O)cc5)c5ccc(OC)c6ccccc56)cc4)cc3[N+](=O)[O-])cc2)c2ccc(OC)c3ccccc23)cc1. The molecule has 12 heteroatoms. The Hall–Kier alpha value is -9.55. The Bertz CT molecular complexity index is 3460. The first-order valence-electron chi connectivity index (χ1n) is 22.1. The zero-order valence-corrected chi connectivity index (χ0v) is 38.3. The molecule has 0 saturated heterocycles. The summed E-state index contributed by atoms with van der Waals surface area (Å²) in [5.41, 5.74) is 6.71. The quantitative estimate of drug-likeness (QED) is 0.0398. The highest BCUT2D eigenvalue weighted by atomic mass is 16.6. The topological polar surface area (TPSA) is 138 Å². The zero-order valence-electron chi connectivity index (χ0n) is 38.3. The number of nitro groups is 2. The molecule has 12 nitrogen and oxygen atoms in total. The Labute approximate surface area is 403 Å². The van der Waals surface area contributed by atoms with Crippen LogP contribution >= 0.6 is 0 Å². The fourth-order valence-electron chi connectivity index (χ4n) is 8.58. The van der Waals surface area contributed by atoms with E-state index in [2.05, 4.69) is 9.80 Å². The van der Waals surface area contributed by atoms with Crippen molar-refractivity contribution in [2.24, 2.45) is 0 Å². The van der Waals surface area contributed by atoms with Crippen molar-refractivity contribution in [1.29, 1.82) is 0 Å². The van der Waals surface area contributed by atoms with Crippen LogP contribution in [0.4, 0.5) is 45.5 Å². The van der Waals surface area contributed by atoms with E-state index < -0.39 is 9.85 Å². The molecule has 344 valence electrons. The van der Waals surface area contributed by atoms with Gasteiger partial charge in [0.15, 0.2) is 0 Å². The minimum absolute atomic E-state index is 0.0774. The lowest BCUT2D eigenvalue weighted by Gasteiger charge is -2.27. The fourth-order valence-corrected chi connectivity index (χ4v) is 8.58. The summed E-state index contributed by atoms with van der Waals surface area (Å²) in [6, 6.07) is 56.5. The van der Waals surface area contributed by atoms with Gasteiger partial charge in [0.2, 0.25) is 0 Å². The Balaban J connectivity index is 1.01. The standard InChI is InChI=1S/C58H44N4O8/c1-68-48-30-28-47(29-31-48)60(54-33-35-58(70-3)52-11-7-5-9-50(52)54)45-24-16-40(17-25-45)13-21-43-37-55(61(64)65)42(36-56(43)62(66)67)20-12-39-14-22-44(23-15-39)59(46-26-18-41(38-63)19-27-46)53-32-34-57(69-2)51-10-6-4-8-49(51)53/h4-38H,1-3H3. The third-order valence-corrected chi connectivity index (χ3v) is 12.0. The molecule has 0 fully saturated rings. The molecule has 0 aliphatic heterocycles. The molecule has 0 spiro atoms. The van der Waals surface area contributed by atoms with Crippen molar-refractivity contribution >= 4 is 97.6 Å². The first-order valence-corrected chi connectivity index (χ1v) is 22.1. The second-order valence-electron chi connectivity index (χ2n) is 16.1. The molecule has 70 heavy (non-hydrogen) atoms. The molecule has 0 bridgehead atoms. The normalized spacial score (nSPS) is 11.2. The number of methoxy groups -OCH3 is 3. The van der Waals surface area contributed by atoms with Crippen LogP contribution in [0.15, 0.2) is 182 Å². The van der Waals surface area contributed by atoms with Crippen molar-refractivity contribution in [1.82, 2.24) is 0 Å². The van der Waals surface area contributed by atoms with E-state index >= 15 is 0 Å². The molecule has 0 amide bonds. The number of nitro benzene ring substituents is 2. The molecule has 0 aliphatic rings. The van der Waals surface area contributed by atoms with Crippen LogP contribution in [0.1, 0.15) is 32.6 Å². The first-order chi connectivity index (χ1) is 34.2. The summed E-state index contributed by atoms with van der Waals surface area (Å²) in [5.74, 6) is 2.20. The summed E-state index contributed by atoms with van der Waals surface area (Å²) in [6.45, 7) is 0. The zero-order chi connectivity index (χ0) is 48.7. The van der Waals surface area contributed by atoms with Crippen molar-refractivity contribution < 1.29 is 28.9 Å². The second kappa shape index (κ2) is 20.1. The Morgan fingerprint density at radius 3 is 1.11 bits per heavy atom. The number of aldehydes is 1. The monoisotopic (exact) mass is 924 g/mol. The minimum atomic E-state index is -0.539. The predicted octanol–water partition coefficient (Wildman–Crippen LogP) is 14.9. The number of carbonyl (C=O) groups excluding carboxylic acids is 1. The second-order valence-corrected chi connectivity index (χ2v) is 16.1. The largest absolute Gasteiger partial charge is 0.497 e. The van der Waals surface area contributed by atoms with Gasteiger partial charge in [0.05, 0.1) is 53.7 Å². The van der Waals surface area contributed by atoms with Crippen LogP contribution in [0, 0.1) is 20.2 Å². The number of fused-ring (bicyclic) bond motifs is 2. The summed E-state index contributed by atoms with van der Waals surface area (Å²) in [5, 5.41) is 28.8. The van der Waals surface area contributed by atoms with Gasteiger partial charge in [0.1, 0.15) is 23.5 Å². The van der Waals surface area contributed by atoms with Gasteiger partial charge in [-0.2, -0.15) is 0 Å². The molecule has 0 atom stereocenters. The van der Waals surface area contributed by atoms with E-state index in [1.54, 1.807) is 45.6 Å². The van der Waals surface area contributed by atoms with Crippen molar-refractivity contribution in [2.75, 3.05) is 31.1 Å². The lowest BCUT2D eigenvalue weighted by Crippen LogP contribution is -2.10. The van der Waals surface area contributed by atoms with Gasteiger partial charge in [-0.1, -0.05) is 84.9 Å². The number of nitrogens with zero attached hydrogens (tertiary/aromatic N) is 4. The summed E-state index contributed by atoms with van der Waals surface area (Å²) in [6.07, 6.45) is 7.21. The van der Waals surface area contributed by atoms with Gasteiger partial charge in [-0.05, 0) is 120 Å². The highest BCUT2D eigenvalue weighted by molar-refractivity contribution is 6.03. The maximum absolute atomic E-state index is 12.5. The molecular formula is C58H44N4O8. The Kier molecular flexibility index (Phi) is 13.1. The number of ether oxygens (including phenoxy) is 3. The summed E-state index contributed by atoms with van der Waals surface area (Å²) >= 11 is 0. The lowest BCUT2D eigenvalue weighted by molar-refractivity contribution is -0.389. The molecule has 9 rings (SSSR count). The molecular weight excluding hydrogens is 881 g/mol. The number of benzene rings is 9. The number of carbonyl (C=O) groups is 1. The highest BCUT2D eigenvalue weighted by Crippen LogP contribution is 2.44. The van der Waals surface area contributed by atoms with Gasteiger partial charge >= 0.3 is 0 Å². The van der Waals surface area contributed by atoms with Crippen LogP contribution in [0.5, 0.6) is 17.2 Å².